The number of likely N-dealkylation sites (tertiary alicyclic amines) is 1. The van der Waals surface area contributed by atoms with Gasteiger partial charge in [0.25, 0.3) is 11.7 Å². The Morgan fingerprint density at radius 2 is 1.76 bits per heavy atom. The van der Waals surface area contributed by atoms with Crippen LogP contribution in [0.25, 0.3) is 5.76 Å². The fourth-order valence-electron chi connectivity index (χ4n) is 4.39. The fraction of sp³-hybridized carbons (Fsp3) is 0.241. The van der Waals surface area contributed by atoms with Gasteiger partial charge in [0.05, 0.1) is 25.3 Å². The molecule has 0 bridgehead atoms. The van der Waals surface area contributed by atoms with Crippen LogP contribution in [0.1, 0.15) is 28.3 Å². The van der Waals surface area contributed by atoms with Crippen molar-refractivity contribution in [1.29, 1.82) is 0 Å². The highest BCUT2D eigenvalue weighted by Gasteiger charge is 2.46. The summed E-state index contributed by atoms with van der Waals surface area (Å²) in [7, 11) is 2.91. The van der Waals surface area contributed by atoms with E-state index in [0.29, 0.717) is 29.0 Å². The van der Waals surface area contributed by atoms with Crippen LogP contribution < -0.4 is 9.47 Å². The smallest absolute Gasteiger partial charge is 0.295 e. The number of aliphatic hydroxyl groups is 1. The van der Waals surface area contributed by atoms with Crippen LogP contribution in [-0.2, 0) is 20.9 Å². The molecule has 37 heavy (non-hydrogen) atoms. The molecule has 3 aromatic rings. The van der Waals surface area contributed by atoms with Crippen LogP contribution in [0.5, 0.6) is 17.2 Å². The number of rotatable bonds is 9. The summed E-state index contributed by atoms with van der Waals surface area (Å²) < 4.78 is 16.2. The Balaban J connectivity index is 1.73. The van der Waals surface area contributed by atoms with Crippen molar-refractivity contribution in [3.63, 3.8) is 0 Å². The van der Waals surface area contributed by atoms with Crippen LogP contribution in [0, 0.1) is 6.92 Å². The van der Waals surface area contributed by atoms with Crippen LogP contribution >= 0.6 is 0 Å². The molecular formula is C29H29NO7. The molecule has 0 radical (unpaired) electrons. The van der Waals surface area contributed by atoms with Crippen molar-refractivity contribution in [3.8, 4) is 17.2 Å². The van der Waals surface area contributed by atoms with Crippen LogP contribution in [0.2, 0.25) is 0 Å². The van der Waals surface area contributed by atoms with Crippen LogP contribution in [0.3, 0.4) is 0 Å². The molecule has 192 valence electrons. The Labute approximate surface area is 215 Å². The normalized spacial score (nSPS) is 16.7. The predicted molar refractivity (Wildman–Crippen MR) is 137 cm³/mol. The first kappa shape index (κ1) is 25.8. The fourth-order valence-corrected chi connectivity index (χ4v) is 4.39. The number of benzene rings is 3. The maximum absolute atomic E-state index is 13.2. The molecular weight excluding hydrogens is 474 g/mol. The zero-order chi connectivity index (χ0) is 26.5. The van der Waals surface area contributed by atoms with Crippen molar-refractivity contribution in [2.45, 2.75) is 19.6 Å². The number of ether oxygens (including phenoxy) is 3. The van der Waals surface area contributed by atoms with Gasteiger partial charge in [0.15, 0.2) is 11.5 Å². The Kier molecular flexibility index (Phi) is 7.79. The van der Waals surface area contributed by atoms with Gasteiger partial charge in [0.2, 0.25) is 0 Å². The molecule has 0 aliphatic carbocycles. The predicted octanol–water partition coefficient (Wildman–Crippen LogP) is 4.36. The Morgan fingerprint density at radius 3 is 2.43 bits per heavy atom. The van der Waals surface area contributed by atoms with Crippen molar-refractivity contribution in [1.82, 2.24) is 4.90 Å². The summed E-state index contributed by atoms with van der Waals surface area (Å²) in [6, 6.07) is 18.6. The van der Waals surface area contributed by atoms with Gasteiger partial charge < -0.3 is 29.3 Å². The van der Waals surface area contributed by atoms with Gasteiger partial charge >= 0.3 is 0 Å². The first-order valence-corrected chi connectivity index (χ1v) is 11.8. The lowest BCUT2D eigenvalue weighted by Gasteiger charge is -2.25. The highest BCUT2D eigenvalue weighted by molar-refractivity contribution is 6.46. The number of amides is 1. The summed E-state index contributed by atoms with van der Waals surface area (Å²) in [6.07, 6.45) is 0. The third-order valence-electron chi connectivity index (χ3n) is 6.30. The molecule has 8 nitrogen and oxygen atoms in total. The SMILES string of the molecule is COCCN1C(=O)C(=O)C(=C(O)c2ccc(OCc3ccccc3)cc2C)[C@@H]1c1ccc(O)c(OC)c1. The lowest BCUT2D eigenvalue weighted by Crippen LogP contribution is -2.32. The Morgan fingerprint density at radius 1 is 1.00 bits per heavy atom. The Bertz CT molecular complexity index is 1330. The molecule has 1 saturated heterocycles. The molecule has 0 aromatic heterocycles. The van der Waals surface area contributed by atoms with E-state index in [2.05, 4.69) is 0 Å². The number of aliphatic hydroxyl groups excluding tert-OH is 1. The first-order valence-electron chi connectivity index (χ1n) is 11.8. The lowest BCUT2D eigenvalue weighted by molar-refractivity contribution is -0.140. The van der Waals surface area contributed by atoms with Gasteiger partial charge in [-0.15, -0.1) is 0 Å². The zero-order valence-corrected chi connectivity index (χ0v) is 20.9. The van der Waals surface area contributed by atoms with Gasteiger partial charge in [0.1, 0.15) is 18.1 Å². The van der Waals surface area contributed by atoms with Gasteiger partial charge in [0, 0.05) is 19.2 Å². The van der Waals surface area contributed by atoms with E-state index in [9.17, 15) is 19.8 Å². The van der Waals surface area contributed by atoms with Gasteiger partial charge in [-0.05, 0) is 53.9 Å². The molecule has 0 saturated carbocycles. The van der Waals surface area contributed by atoms with Crippen LogP contribution in [-0.4, -0.2) is 54.2 Å². The quantitative estimate of drug-likeness (QED) is 0.254. The summed E-state index contributed by atoms with van der Waals surface area (Å²) >= 11 is 0. The largest absolute Gasteiger partial charge is 0.507 e. The molecule has 1 aliphatic rings. The van der Waals surface area contributed by atoms with Crippen molar-refractivity contribution in [2.24, 2.45) is 0 Å². The second-order valence-corrected chi connectivity index (χ2v) is 8.67. The minimum Gasteiger partial charge on any atom is -0.507 e. The van der Waals surface area contributed by atoms with Crippen molar-refractivity contribution < 1.29 is 34.0 Å². The second kappa shape index (κ2) is 11.2. The molecule has 0 unspecified atom stereocenters. The van der Waals surface area contributed by atoms with Gasteiger partial charge in [-0.25, -0.2) is 0 Å². The number of ketones is 1. The summed E-state index contributed by atoms with van der Waals surface area (Å²) in [4.78, 5) is 27.5. The minimum absolute atomic E-state index is 0.0464. The van der Waals surface area contributed by atoms with Crippen LogP contribution in [0.4, 0.5) is 0 Å². The van der Waals surface area contributed by atoms with E-state index in [0.717, 1.165) is 5.56 Å². The molecule has 1 amide bonds. The van der Waals surface area contributed by atoms with Gasteiger partial charge in [-0.2, -0.15) is 0 Å². The van der Waals surface area contributed by atoms with E-state index in [4.69, 9.17) is 14.2 Å². The third kappa shape index (κ3) is 5.29. The molecule has 1 heterocycles. The maximum Gasteiger partial charge on any atom is 0.295 e. The van der Waals surface area contributed by atoms with E-state index < -0.39 is 17.7 Å². The summed E-state index contributed by atoms with van der Waals surface area (Å²) in [5, 5.41) is 21.4. The average Bonchev–Trinajstić information content (AvgIpc) is 3.16. The monoisotopic (exact) mass is 503 g/mol. The average molecular weight is 504 g/mol. The number of aromatic hydroxyl groups is 1. The molecule has 4 rings (SSSR count). The minimum atomic E-state index is -0.891. The number of Topliss-reactive ketones (excluding diaryl/α,β-unsaturated/α-hetero) is 1. The third-order valence-corrected chi connectivity index (χ3v) is 6.30. The van der Waals surface area contributed by atoms with E-state index in [1.165, 1.54) is 25.2 Å². The molecule has 0 spiro atoms. The van der Waals surface area contributed by atoms with Crippen molar-refractivity contribution in [2.75, 3.05) is 27.4 Å². The molecule has 1 aliphatic heterocycles. The molecule has 8 heteroatoms. The number of carbonyl (C=O) groups is 2. The summed E-state index contributed by atoms with van der Waals surface area (Å²) in [5.74, 6) is -1.11. The number of hydrogen-bond acceptors (Lipinski definition) is 7. The van der Waals surface area contributed by atoms with Crippen molar-refractivity contribution in [3.05, 3.63) is 94.6 Å². The standard InChI is InChI=1S/C29H29NO7/c1-18-15-21(37-17-19-7-5-4-6-8-19)10-11-22(18)27(32)25-26(20-9-12-23(31)24(16-20)36-3)30(13-14-35-2)29(34)28(25)33/h4-12,15-16,26,31-32H,13-14,17H2,1-3H3/t26-/m0/s1. The molecule has 1 fully saturated rings. The highest BCUT2D eigenvalue weighted by Crippen LogP contribution is 2.42. The number of aryl methyl sites for hydroxylation is 1. The van der Waals surface area contributed by atoms with Gasteiger partial charge in [-0.3, -0.25) is 9.59 Å². The first-order chi connectivity index (χ1) is 17.8. The summed E-state index contributed by atoms with van der Waals surface area (Å²) in [6.45, 7) is 2.52. The number of carbonyl (C=O) groups excluding carboxylic acids is 2. The van der Waals surface area contributed by atoms with Gasteiger partial charge in [-0.1, -0.05) is 36.4 Å². The van der Waals surface area contributed by atoms with E-state index in [-0.39, 0.29) is 36.0 Å². The zero-order valence-electron chi connectivity index (χ0n) is 20.9. The van der Waals surface area contributed by atoms with E-state index in [1.54, 1.807) is 37.3 Å². The summed E-state index contributed by atoms with van der Waals surface area (Å²) in [5.41, 5.74) is 2.56. The maximum atomic E-state index is 13.2. The molecule has 1 atom stereocenters. The van der Waals surface area contributed by atoms with Crippen LogP contribution in [0.15, 0.2) is 72.3 Å². The number of phenolic OH excluding ortho intramolecular Hbond substituents is 1. The highest BCUT2D eigenvalue weighted by atomic mass is 16.5. The van der Waals surface area contributed by atoms with E-state index >= 15 is 0 Å². The number of phenols is 1. The molecule has 3 aromatic carbocycles. The topological polar surface area (TPSA) is 106 Å². The van der Waals surface area contributed by atoms with E-state index in [1.807, 2.05) is 30.3 Å². The number of hydrogen-bond donors (Lipinski definition) is 2. The second-order valence-electron chi connectivity index (χ2n) is 8.67. The Hall–Kier alpha value is -4.30. The number of methoxy groups -OCH3 is 2. The molecule has 2 N–H and O–H groups in total. The lowest BCUT2D eigenvalue weighted by atomic mass is 9.93. The van der Waals surface area contributed by atoms with Crippen molar-refractivity contribution >= 4 is 17.4 Å². The number of nitrogens with zero attached hydrogens (tertiary/aromatic N) is 1.